The van der Waals surface area contributed by atoms with E-state index in [9.17, 15) is 4.79 Å². The molecule has 3 aromatic heterocycles. The van der Waals surface area contributed by atoms with Crippen molar-refractivity contribution in [1.29, 1.82) is 0 Å². The summed E-state index contributed by atoms with van der Waals surface area (Å²) < 4.78 is 12.5. The van der Waals surface area contributed by atoms with E-state index in [0.29, 0.717) is 46.8 Å². The van der Waals surface area contributed by atoms with Gasteiger partial charge in [-0.1, -0.05) is 0 Å². The molecular weight excluding hydrogens is 338 g/mol. The van der Waals surface area contributed by atoms with Gasteiger partial charge in [0.05, 0.1) is 19.9 Å². The summed E-state index contributed by atoms with van der Waals surface area (Å²) in [6, 6.07) is 5.29. The van der Waals surface area contributed by atoms with E-state index in [4.69, 9.17) is 9.47 Å². The number of ether oxygens (including phenoxy) is 2. The van der Waals surface area contributed by atoms with Gasteiger partial charge in [0.1, 0.15) is 29.6 Å². The molecule has 26 heavy (non-hydrogen) atoms. The van der Waals surface area contributed by atoms with Crippen LogP contribution in [0.25, 0.3) is 5.65 Å². The summed E-state index contributed by atoms with van der Waals surface area (Å²) in [6.45, 7) is 0.549. The summed E-state index contributed by atoms with van der Waals surface area (Å²) in [5.74, 6) is 2.30. The van der Waals surface area contributed by atoms with E-state index in [2.05, 4.69) is 31.0 Å². The van der Waals surface area contributed by atoms with Gasteiger partial charge in [0.15, 0.2) is 11.4 Å². The van der Waals surface area contributed by atoms with Gasteiger partial charge in [-0.05, 0) is 12.1 Å². The molecule has 3 aromatic rings. The van der Waals surface area contributed by atoms with Crippen LogP contribution in [0.15, 0.2) is 24.4 Å². The number of methoxy groups -OCH3 is 1. The number of anilines is 3. The molecule has 1 aliphatic rings. The molecule has 0 unspecified atom stereocenters. The van der Waals surface area contributed by atoms with Crippen LogP contribution in [0.2, 0.25) is 0 Å². The Hall–Kier alpha value is -3.56. The minimum absolute atomic E-state index is 0.246. The molecule has 10 nitrogen and oxygen atoms in total. The van der Waals surface area contributed by atoms with Crippen molar-refractivity contribution in [2.45, 2.75) is 0 Å². The van der Waals surface area contributed by atoms with Crippen LogP contribution >= 0.6 is 0 Å². The first kappa shape index (κ1) is 15.9. The van der Waals surface area contributed by atoms with Gasteiger partial charge in [-0.2, -0.15) is 14.6 Å². The lowest BCUT2D eigenvalue weighted by atomic mass is 10.3. The van der Waals surface area contributed by atoms with Crippen LogP contribution in [-0.2, 0) is 0 Å². The van der Waals surface area contributed by atoms with Gasteiger partial charge in [0, 0.05) is 13.1 Å². The number of carbonyl (C=O) groups excluding carboxylic acids is 1. The molecule has 0 atom stereocenters. The fraction of sp³-hybridized carbons (Fsp3) is 0.250. The van der Waals surface area contributed by atoms with Gasteiger partial charge in [0.25, 0.3) is 11.8 Å². The van der Waals surface area contributed by atoms with E-state index in [-0.39, 0.29) is 12.5 Å². The van der Waals surface area contributed by atoms with Gasteiger partial charge in [0.2, 0.25) is 0 Å². The Morgan fingerprint density at radius 1 is 1.31 bits per heavy atom. The highest BCUT2D eigenvalue weighted by atomic mass is 16.5. The molecule has 0 spiro atoms. The summed E-state index contributed by atoms with van der Waals surface area (Å²) in [7, 11) is 3.31. The molecular formula is C16H17N7O3. The maximum atomic E-state index is 12.5. The standard InChI is InChI=1S/C16H17N7O3/c1-17-13-7-12-20-11-4-3-10(25-2)16(22-11)26-6-5-18-15(24)9-8-19-23(13)14(9)21-12/h3-4,7-8,17H,5-6H2,1-2H3,(H,18,24)(H,20,21,22). The average Bonchev–Trinajstić information content (AvgIpc) is 3.08. The van der Waals surface area contributed by atoms with Crippen molar-refractivity contribution in [3.8, 4) is 11.6 Å². The molecule has 1 amide bonds. The highest BCUT2D eigenvalue weighted by molar-refractivity contribution is 6.00. The lowest BCUT2D eigenvalue weighted by Crippen LogP contribution is -2.28. The van der Waals surface area contributed by atoms with Crippen molar-refractivity contribution < 1.29 is 14.3 Å². The second-order valence-electron chi connectivity index (χ2n) is 5.50. The smallest absolute Gasteiger partial charge is 0.259 e. The minimum Gasteiger partial charge on any atom is -0.491 e. The van der Waals surface area contributed by atoms with Crippen LogP contribution in [-0.4, -0.2) is 52.8 Å². The van der Waals surface area contributed by atoms with Gasteiger partial charge in [-0.15, -0.1) is 0 Å². The maximum Gasteiger partial charge on any atom is 0.259 e. The number of hydrogen-bond donors (Lipinski definition) is 3. The highest BCUT2D eigenvalue weighted by Crippen LogP contribution is 2.28. The maximum absolute atomic E-state index is 12.5. The van der Waals surface area contributed by atoms with E-state index in [1.807, 2.05) is 0 Å². The Kier molecular flexibility index (Phi) is 3.92. The second kappa shape index (κ2) is 6.39. The SMILES string of the molecule is CNc1cc2nc3c(cnn13)C(=O)NCCOc1nc(ccc1OC)N2. The molecule has 3 N–H and O–H groups in total. The molecule has 4 rings (SSSR count). The van der Waals surface area contributed by atoms with Crippen molar-refractivity contribution >= 4 is 29.0 Å². The Morgan fingerprint density at radius 3 is 3.00 bits per heavy atom. The van der Waals surface area contributed by atoms with Gasteiger partial charge in [-0.25, -0.2) is 4.98 Å². The van der Waals surface area contributed by atoms with Crippen molar-refractivity contribution in [3.63, 3.8) is 0 Å². The van der Waals surface area contributed by atoms with E-state index in [0.717, 1.165) is 0 Å². The molecule has 0 saturated heterocycles. The molecule has 1 aliphatic heterocycles. The number of fused-ring (bicyclic) bond motifs is 3. The number of aromatic nitrogens is 4. The summed E-state index contributed by atoms with van der Waals surface area (Å²) in [5.41, 5.74) is 0.812. The van der Waals surface area contributed by atoms with Gasteiger partial charge in [-0.3, -0.25) is 4.79 Å². The lowest BCUT2D eigenvalue weighted by molar-refractivity contribution is 0.0948. The molecule has 134 valence electrons. The molecule has 4 bridgehead atoms. The zero-order valence-corrected chi connectivity index (χ0v) is 14.2. The molecule has 0 fully saturated rings. The van der Waals surface area contributed by atoms with E-state index in [1.54, 1.807) is 36.9 Å². The number of carbonyl (C=O) groups is 1. The predicted octanol–water partition coefficient (Wildman–Crippen LogP) is 1.04. The lowest BCUT2D eigenvalue weighted by Gasteiger charge is -2.12. The Morgan fingerprint density at radius 2 is 2.19 bits per heavy atom. The van der Waals surface area contributed by atoms with Gasteiger partial charge >= 0.3 is 0 Å². The number of pyridine rings is 1. The Bertz CT molecular complexity index is 985. The average molecular weight is 355 g/mol. The first-order valence-corrected chi connectivity index (χ1v) is 7.99. The van der Waals surface area contributed by atoms with Crippen LogP contribution in [0.1, 0.15) is 10.4 Å². The zero-order chi connectivity index (χ0) is 18.1. The first-order chi connectivity index (χ1) is 12.7. The molecule has 10 heteroatoms. The van der Waals surface area contributed by atoms with Crippen molar-refractivity contribution in [1.82, 2.24) is 24.9 Å². The van der Waals surface area contributed by atoms with Crippen LogP contribution in [0.5, 0.6) is 11.6 Å². The normalized spacial score (nSPS) is 13.7. The largest absolute Gasteiger partial charge is 0.491 e. The van der Waals surface area contributed by atoms with Crippen LogP contribution in [0.3, 0.4) is 0 Å². The summed E-state index contributed by atoms with van der Waals surface area (Å²) in [5, 5.41) is 13.2. The first-order valence-electron chi connectivity index (χ1n) is 7.99. The number of hydrogen-bond acceptors (Lipinski definition) is 8. The third-order valence-corrected chi connectivity index (χ3v) is 3.90. The quantitative estimate of drug-likeness (QED) is 0.625. The van der Waals surface area contributed by atoms with Crippen LogP contribution in [0, 0.1) is 0 Å². The molecule has 0 aliphatic carbocycles. The monoisotopic (exact) mass is 355 g/mol. The molecule has 0 radical (unpaired) electrons. The third-order valence-electron chi connectivity index (χ3n) is 3.90. The Labute approximate surface area is 148 Å². The fourth-order valence-electron chi connectivity index (χ4n) is 2.66. The predicted molar refractivity (Wildman–Crippen MR) is 94.4 cm³/mol. The fourth-order valence-corrected chi connectivity index (χ4v) is 2.66. The van der Waals surface area contributed by atoms with E-state index >= 15 is 0 Å². The number of amides is 1. The van der Waals surface area contributed by atoms with E-state index in [1.165, 1.54) is 6.20 Å². The number of nitrogens with one attached hydrogen (secondary N) is 3. The van der Waals surface area contributed by atoms with Crippen LogP contribution < -0.4 is 25.4 Å². The zero-order valence-electron chi connectivity index (χ0n) is 14.2. The van der Waals surface area contributed by atoms with Crippen molar-refractivity contribution in [2.75, 3.05) is 37.9 Å². The molecule has 0 aromatic carbocycles. The molecule has 0 saturated carbocycles. The number of nitrogens with zero attached hydrogens (tertiary/aromatic N) is 4. The van der Waals surface area contributed by atoms with Gasteiger partial charge < -0.3 is 25.4 Å². The summed E-state index contributed by atoms with van der Waals surface area (Å²) in [4.78, 5) is 21.4. The third kappa shape index (κ3) is 2.70. The molecule has 4 heterocycles. The van der Waals surface area contributed by atoms with Crippen LogP contribution in [0.4, 0.5) is 17.5 Å². The minimum atomic E-state index is -0.277. The highest BCUT2D eigenvalue weighted by Gasteiger charge is 2.18. The topological polar surface area (TPSA) is 115 Å². The number of rotatable bonds is 2. The van der Waals surface area contributed by atoms with Crippen molar-refractivity contribution in [2.24, 2.45) is 0 Å². The Balaban J connectivity index is 1.86. The summed E-state index contributed by atoms with van der Waals surface area (Å²) in [6.07, 6.45) is 1.49. The van der Waals surface area contributed by atoms with Crippen molar-refractivity contribution in [3.05, 3.63) is 30.0 Å². The summed E-state index contributed by atoms with van der Waals surface area (Å²) >= 11 is 0. The second-order valence-corrected chi connectivity index (χ2v) is 5.50. The van der Waals surface area contributed by atoms with E-state index < -0.39 is 0 Å².